The van der Waals surface area contributed by atoms with Gasteiger partial charge in [0.15, 0.2) is 0 Å². The fourth-order valence-corrected chi connectivity index (χ4v) is 3.23. The number of nitrogens with two attached hydrogens (primary N) is 1. The van der Waals surface area contributed by atoms with Gasteiger partial charge in [-0.3, -0.25) is 19.2 Å². The Morgan fingerprint density at radius 1 is 0.861 bits per heavy atom. The van der Waals surface area contributed by atoms with Crippen LogP contribution in [0, 0.1) is 5.92 Å². The number of carbonyl (C=O) groups is 5. The predicted octanol–water partition coefficient (Wildman–Crippen LogP) is -1.30. The van der Waals surface area contributed by atoms with Gasteiger partial charge in [-0.1, -0.05) is 26.0 Å². The van der Waals surface area contributed by atoms with Gasteiger partial charge >= 0.3 is 11.9 Å². The molecule has 0 aliphatic heterocycles. The lowest BCUT2D eigenvalue weighted by molar-refractivity contribution is -0.144. The zero-order chi connectivity index (χ0) is 27.4. The van der Waals surface area contributed by atoms with E-state index in [4.69, 9.17) is 21.1 Å². The maximum Gasteiger partial charge on any atom is 0.328 e. The van der Waals surface area contributed by atoms with E-state index in [1.165, 1.54) is 12.1 Å². The van der Waals surface area contributed by atoms with Gasteiger partial charge < -0.3 is 42.1 Å². The van der Waals surface area contributed by atoms with Crippen molar-refractivity contribution in [3.63, 3.8) is 0 Å². The standard InChI is InChI=1S/C23H34N4O9/c1-12(2)9-17(26-20(32)15(24)10-13-3-5-14(29)6-4-13)22(34)25-16(7-8-19(30)31)21(33)27-18(11-28)23(35)36/h3-6,12,15-18,28-29H,7-11,24H2,1-2H3,(H,25,34)(H,26,32)(H,27,33)(H,30,31)(H,35,36). The van der Waals surface area contributed by atoms with Crippen molar-refractivity contribution in [3.05, 3.63) is 29.8 Å². The van der Waals surface area contributed by atoms with Gasteiger partial charge in [0.2, 0.25) is 17.7 Å². The van der Waals surface area contributed by atoms with Crippen LogP contribution in [0.1, 0.15) is 38.7 Å². The number of benzene rings is 1. The summed E-state index contributed by atoms with van der Waals surface area (Å²) in [5.41, 5.74) is 6.66. The molecule has 9 N–H and O–H groups in total. The Morgan fingerprint density at radius 2 is 1.39 bits per heavy atom. The zero-order valence-corrected chi connectivity index (χ0v) is 20.1. The summed E-state index contributed by atoms with van der Waals surface area (Å²) in [6, 6.07) is 0.879. The van der Waals surface area contributed by atoms with Crippen molar-refractivity contribution in [2.45, 2.75) is 63.7 Å². The van der Waals surface area contributed by atoms with Crippen molar-refractivity contribution in [3.8, 4) is 5.75 Å². The molecule has 0 heterocycles. The highest BCUT2D eigenvalue weighted by molar-refractivity contribution is 5.94. The number of phenols is 1. The molecule has 0 bridgehead atoms. The van der Waals surface area contributed by atoms with Crippen molar-refractivity contribution in [1.82, 2.24) is 16.0 Å². The second-order valence-electron chi connectivity index (χ2n) is 8.74. The Morgan fingerprint density at radius 3 is 1.89 bits per heavy atom. The van der Waals surface area contributed by atoms with Crippen LogP contribution in [0.4, 0.5) is 0 Å². The normalized spacial score (nSPS) is 14.2. The van der Waals surface area contributed by atoms with E-state index < -0.39 is 66.9 Å². The number of amides is 3. The molecule has 0 radical (unpaired) electrons. The lowest BCUT2D eigenvalue weighted by Crippen LogP contribution is -2.57. The summed E-state index contributed by atoms with van der Waals surface area (Å²) in [6.45, 7) is 2.69. The first-order valence-electron chi connectivity index (χ1n) is 11.3. The van der Waals surface area contributed by atoms with E-state index >= 15 is 0 Å². The molecular weight excluding hydrogens is 476 g/mol. The summed E-state index contributed by atoms with van der Waals surface area (Å²) in [5.74, 6) is -5.18. The van der Waals surface area contributed by atoms with Gasteiger partial charge in [0.05, 0.1) is 12.6 Å². The van der Waals surface area contributed by atoms with Crippen LogP contribution < -0.4 is 21.7 Å². The smallest absolute Gasteiger partial charge is 0.328 e. The monoisotopic (exact) mass is 510 g/mol. The molecule has 4 unspecified atom stereocenters. The van der Waals surface area contributed by atoms with Gasteiger partial charge in [0, 0.05) is 6.42 Å². The van der Waals surface area contributed by atoms with Gasteiger partial charge in [-0.25, -0.2) is 4.79 Å². The average molecular weight is 511 g/mol. The number of aliphatic carboxylic acids is 2. The molecule has 0 saturated heterocycles. The number of aliphatic hydroxyl groups excluding tert-OH is 1. The van der Waals surface area contributed by atoms with Gasteiger partial charge in [0.1, 0.15) is 23.9 Å². The second-order valence-corrected chi connectivity index (χ2v) is 8.74. The van der Waals surface area contributed by atoms with Gasteiger partial charge in [0.25, 0.3) is 0 Å². The number of nitrogens with one attached hydrogen (secondary N) is 3. The molecule has 1 aromatic carbocycles. The van der Waals surface area contributed by atoms with E-state index in [0.717, 1.165) is 0 Å². The fourth-order valence-electron chi connectivity index (χ4n) is 3.23. The molecule has 13 nitrogen and oxygen atoms in total. The third-order valence-electron chi connectivity index (χ3n) is 5.15. The highest BCUT2D eigenvalue weighted by Crippen LogP contribution is 2.12. The molecule has 1 rings (SSSR count). The average Bonchev–Trinajstić information content (AvgIpc) is 2.80. The Labute approximate surface area is 208 Å². The number of rotatable bonds is 15. The highest BCUT2D eigenvalue weighted by atomic mass is 16.4. The molecule has 36 heavy (non-hydrogen) atoms. The number of carboxylic acids is 2. The zero-order valence-electron chi connectivity index (χ0n) is 20.1. The van der Waals surface area contributed by atoms with Crippen LogP contribution in [0.3, 0.4) is 0 Å². The van der Waals surface area contributed by atoms with Gasteiger partial charge in [-0.15, -0.1) is 0 Å². The Hall–Kier alpha value is -3.71. The van der Waals surface area contributed by atoms with Gasteiger partial charge in [-0.05, 0) is 42.9 Å². The van der Waals surface area contributed by atoms with Crippen molar-refractivity contribution in [1.29, 1.82) is 0 Å². The number of hydrogen-bond donors (Lipinski definition) is 8. The minimum atomic E-state index is -1.65. The second kappa shape index (κ2) is 14.6. The maximum absolute atomic E-state index is 13.0. The quantitative estimate of drug-likeness (QED) is 0.139. The summed E-state index contributed by atoms with van der Waals surface area (Å²) in [4.78, 5) is 60.3. The third-order valence-corrected chi connectivity index (χ3v) is 5.15. The molecule has 0 saturated carbocycles. The maximum atomic E-state index is 13.0. The summed E-state index contributed by atoms with van der Waals surface area (Å²) < 4.78 is 0. The number of carboxylic acid groups (broad SMARTS) is 2. The molecule has 0 aromatic heterocycles. The molecule has 0 spiro atoms. The van der Waals surface area contributed by atoms with Crippen molar-refractivity contribution in [2.24, 2.45) is 11.7 Å². The van der Waals surface area contributed by atoms with E-state index in [2.05, 4.69) is 10.6 Å². The number of phenolic OH excluding ortho intramolecular Hbond substituents is 1. The Balaban J connectivity index is 2.96. The van der Waals surface area contributed by atoms with E-state index in [9.17, 15) is 29.1 Å². The topological polar surface area (TPSA) is 228 Å². The van der Waals surface area contributed by atoms with Crippen molar-refractivity contribution in [2.75, 3.05) is 6.61 Å². The molecule has 3 amide bonds. The van der Waals surface area contributed by atoms with Crippen LogP contribution in [0.5, 0.6) is 5.75 Å². The van der Waals surface area contributed by atoms with E-state index in [0.29, 0.717) is 5.56 Å². The Bertz CT molecular complexity index is 921. The van der Waals surface area contributed by atoms with Gasteiger partial charge in [-0.2, -0.15) is 0 Å². The minimum Gasteiger partial charge on any atom is -0.508 e. The van der Waals surface area contributed by atoms with Crippen LogP contribution in [0.15, 0.2) is 24.3 Å². The van der Waals surface area contributed by atoms with Crippen LogP contribution in [-0.4, -0.2) is 80.9 Å². The lowest BCUT2D eigenvalue weighted by Gasteiger charge is -2.25. The van der Waals surface area contributed by atoms with Crippen LogP contribution in [-0.2, 0) is 30.4 Å². The SMILES string of the molecule is CC(C)CC(NC(=O)C(N)Cc1ccc(O)cc1)C(=O)NC(CCC(=O)O)C(=O)NC(CO)C(=O)O. The van der Waals surface area contributed by atoms with Crippen molar-refractivity contribution < 1.29 is 44.4 Å². The molecule has 200 valence electrons. The predicted molar refractivity (Wildman–Crippen MR) is 127 cm³/mol. The Kier molecular flexibility index (Phi) is 12.3. The van der Waals surface area contributed by atoms with E-state index in [1.807, 2.05) is 5.32 Å². The van der Waals surface area contributed by atoms with Crippen LogP contribution in [0.2, 0.25) is 0 Å². The van der Waals surface area contributed by atoms with Crippen LogP contribution in [0.25, 0.3) is 0 Å². The number of hydrogen-bond acceptors (Lipinski definition) is 8. The molecule has 0 aliphatic rings. The number of carbonyl (C=O) groups excluding carboxylic acids is 3. The van der Waals surface area contributed by atoms with Crippen LogP contribution >= 0.6 is 0 Å². The minimum absolute atomic E-state index is 0.0561. The van der Waals surface area contributed by atoms with Crippen molar-refractivity contribution >= 4 is 29.7 Å². The summed E-state index contributed by atoms with van der Waals surface area (Å²) in [6.07, 6.45) is -0.560. The summed E-state index contributed by atoms with van der Waals surface area (Å²) in [7, 11) is 0. The first kappa shape index (κ1) is 30.3. The number of aliphatic hydroxyl groups is 1. The highest BCUT2D eigenvalue weighted by Gasteiger charge is 2.30. The third kappa shape index (κ3) is 10.7. The molecule has 0 fully saturated rings. The van der Waals surface area contributed by atoms with E-state index in [-0.39, 0.29) is 30.9 Å². The summed E-state index contributed by atoms with van der Waals surface area (Å²) >= 11 is 0. The molecule has 13 heteroatoms. The van der Waals surface area contributed by atoms with E-state index in [1.54, 1.807) is 26.0 Å². The summed E-state index contributed by atoms with van der Waals surface area (Å²) in [5, 5.41) is 43.5. The largest absolute Gasteiger partial charge is 0.508 e. The number of aromatic hydroxyl groups is 1. The first-order valence-corrected chi connectivity index (χ1v) is 11.3. The fraction of sp³-hybridized carbons (Fsp3) is 0.522. The lowest BCUT2D eigenvalue weighted by atomic mass is 10.0. The molecule has 0 aliphatic carbocycles. The molecule has 4 atom stereocenters. The first-order chi connectivity index (χ1) is 16.8. The molecule has 1 aromatic rings. The molecular formula is C23H34N4O9.